The molecular weight excluding hydrogens is 464 g/mol. The zero-order valence-corrected chi connectivity index (χ0v) is 22.1. The number of hydrogen-bond acceptors (Lipinski definition) is 7. The van der Waals surface area contributed by atoms with Crippen molar-refractivity contribution in [3.8, 4) is 11.1 Å². The Kier molecular flexibility index (Phi) is 9.75. The highest BCUT2D eigenvalue weighted by atomic mass is 35.5. The molecule has 1 saturated carbocycles. The van der Waals surface area contributed by atoms with E-state index in [4.69, 9.17) is 21.3 Å². The number of unbranched alkanes of at least 4 members (excludes halogenated alkanes) is 1. The van der Waals surface area contributed by atoms with Crippen LogP contribution in [-0.4, -0.2) is 39.2 Å². The van der Waals surface area contributed by atoms with E-state index in [9.17, 15) is 9.90 Å². The molecule has 3 N–H and O–H groups in total. The molecule has 0 saturated heterocycles. The summed E-state index contributed by atoms with van der Waals surface area (Å²) in [5.74, 6) is 1.56. The number of anilines is 2. The summed E-state index contributed by atoms with van der Waals surface area (Å²) in [5, 5.41) is 17.4. The number of aliphatic hydroxyl groups is 1. The highest BCUT2D eigenvalue weighted by molar-refractivity contribution is 6.30. The van der Waals surface area contributed by atoms with Crippen molar-refractivity contribution in [3.05, 3.63) is 35.0 Å². The highest BCUT2D eigenvalue weighted by Crippen LogP contribution is 2.35. The summed E-state index contributed by atoms with van der Waals surface area (Å²) in [6.07, 6.45) is 8.23. The number of aromatic nitrogens is 2. The van der Waals surface area contributed by atoms with Gasteiger partial charge in [-0.15, -0.1) is 0 Å². The van der Waals surface area contributed by atoms with E-state index in [-0.39, 0.29) is 18.6 Å². The third-order valence-corrected chi connectivity index (χ3v) is 6.43. The second kappa shape index (κ2) is 12.5. The van der Waals surface area contributed by atoms with Crippen LogP contribution in [0, 0.1) is 5.92 Å². The summed E-state index contributed by atoms with van der Waals surface area (Å²) >= 11 is 6.16. The van der Waals surface area contributed by atoms with Crippen molar-refractivity contribution < 1.29 is 14.6 Å². The topological polar surface area (TPSA) is 96.4 Å². The lowest BCUT2D eigenvalue weighted by Gasteiger charge is -2.30. The first kappa shape index (κ1) is 27.2. The quantitative estimate of drug-likeness (QED) is 0.262. The average molecular weight is 503 g/mol. The van der Waals surface area contributed by atoms with Gasteiger partial charge in [-0.25, -0.2) is 4.98 Å². The van der Waals surface area contributed by atoms with Crippen LogP contribution in [-0.2, 0) is 16.1 Å². The predicted molar refractivity (Wildman–Crippen MR) is 142 cm³/mol. The average Bonchev–Trinajstić information content (AvgIpc) is 2.80. The zero-order valence-electron chi connectivity index (χ0n) is 21.4. The van der Waals surface area contributed by atoms with Crippen LogP contribution in [0.1, 0.15) is 78.2 Å². The van der Waals surface area contributed by atoms with Gasteiger partial charge in [0.05, 0.1) is 6.61 Å². The van der Waals surface area contributed by atoms with Gasteiger partial charge >= 0.3 is 5.97 Å². The first-order valence-electron chi connectivity index (χ1n) is 12.7. The molecule has 3 rings (SSSR count). The van der Waals surface area contributed by atoms with Crippen LogP contribution < -0.4 is 10.6 Å². The molecule has 0 spiro atoms. The van der Waals surface area contributed by atoms with E-state index < -0.39 is 5.60 Å². The van der Waals surface area contributed by atoms with E-state index in [0.717, 1.165) is 67.6 Å². The number of hydrogen-bond donors (Lipinski definition) is 3. The Labute approximate surface area is 214 Å². The van der Waals surface area contributed by atoms with E-state index in [0.29, 0.717) is 23.3 Å². The molecule has 2 aromatic rings. The molecule has 0 bridgehead atoms. The minimum Gasteiger partial charge on any atom is -0.460 e. The number of esters is 1. The Morgan fingerprint density at radius 2 is 1.94 bits per heavy atom. The maximum Gasteiger partial charge on any atom is 0.306 e. The zero-order chi connectivity index (χ0) is 25.4. The van der Waals surface area contributed by atoms with E-state index in [2.05, 4.69) is 22.5 Å². The smallest absolute Gasteiger partial charge is 0.306 e. The van der Waals surface area contributed by atoms with Gasteiger partial charge in [-0.05, 0) is 82.1 Å². The van der Waals surface area contributed by atoms with Crippen LogP contribution in [0.25, 0.3) is 11.1 Å². The lowest BCUT2D eigenvalue weighted by Crippen LogP contribution is -2.30. The number of benzene rings is 1. The molecule has 35 heavy (non-hydrogen) atoms. The van der Waals surface area contributed by atoms with E-state index in [1.165, 1.54) is 0 Å². The molecule has 1 aromatic heterocycles. The van der Waals surface area contributed by atoms with Gasteiger partial charge in [0.25, 0.3) is 0 Å². The number of halogens is 1. The van der Waals surface area contributed by atoms with E-state index in [1.54, 1.807) is 12.3 Å². The monoisotopic (exact) mass is 502 g/mol. The summed E-state index contributed by atoms with van der Waals surface area (Å²) in [5.41, 5.74) is 1.98. The number of rotatable bonds is 10. The van der Waals surface area contributed by atoms with Crippen molar-refractivity contribution in [3.63, 3.8) is 0 Å². The third kappa shape index (κ3) is 8.36. The van der Waals surface area contributed by atoms with Gasteiger partial charge in [0.1, 0.15) is 11.4 Å². The molecule has 7 nitrogen and oxygen atoms in total. The van der Waals surface area contributed by atoms with Gasteiger partial charge in [0.2, 0.25) is 5.95 Å². The molecule has 1 aromatic carbocycles. The fraction of sp³-hybridized carbons (Fsp3) is 0.593. The fourth-order valence-corrected chi connectivity index (χ4v) is 4.62. The van der Waals surface area contributed by atoms with Gasteiger partial charge in [0, 0.05) is 35.8 Å². The Balaban J connectivity index is 1.74. The summed E-state index contributed by atoms with van der Waals surface area (Å²) < 4.78 is 5.50. The van der Waals surface area contributed by atoms with Gasteiger partial charge in [-0.1, -0.05) is 31.0 Å². The lowest BCUT2D eigenvalue weighted by molar-refractivity contribution is -0.156. The number of ether oxygens (including phenoxy) is 1. The van der Waals surface area contributed by atoms with Gasteiger partial charge in [-0.2, -0.15) is 4.98 Å². The number of aliphatic hydroxyl groups excluding tert-OH is 1. The molecule has 0 radical (unpaired) electrons. The molecule has 1 fully saturated rings. The molecule has 0 atom stereocenters. The van der Waals surface area contributed by atoms with Crippen molar-refractivity contribution in [2.75, 3.05) is 17.2 Å². The first-order chi connectivity index (χ1) is 16.7. The highest BCUT2D eigenvalue weighted by Gasteiger charge is 2.26. The van der Waals surface area contributed by atoms with Crippen LogP contribution in [0.3, 0.4) is 0 Å². The molecule has 0 aliphatic heterocycles. The van der Waals surface area contributed by atoms with Crippen LogP contribution >= 0.6 is 11.6 Å². The van der Waals surface area contributed by atoms with Crippen molar-refractivity contribution in [2.45, 2.75) is 90.9 Å². The van der Waals surface area contributed by atoms with Crippen LogP contribution in [0.4, 0.5) is 11.8 Å². The molecule has 0 amide bonds. The molecule has 1 aliphatic rings. The molecule has 1 heterocycles. The number of nitrogens with zero attached hydrogens (tertiary/aromatic N) is 2. The van der Waals surface area contributed by atoms with Crippen molar-refractivity contribution in [1.82, 2.24) is 9.97 Å². The van der Waals surface area contributed by atoms with Gasteiger partial charge in [0.15, 0.2) is 0 Å². The molecule has 8 heteroatoms. The Bertz CT molecular complexity index is 985. The predicted octanol–water partition coefficient (Wildman–Crippen LogP) is 6.20. The Hall–Kier alpha value is -2.38. The maximum atomic E-state index is 12.2. The Morgan fingerprint density at radius 3 is 2.60 bits per heavy atom. The maximum absolute atomic E-state index is 12.2. The van der Waals surface area contributed by atoms with Crippen molar-refractivity contribution in [2.24, 2.45) is 5.92 Å². The molecular formula is C27H39ClN4O3. The van der Waals surface area contributed by atoms with Gasteiger partial charge < -0.3 is 20.5 Å². The summed E-state index contributed by atoms with van der Waals surface area (Å²) in [7, 11) is 0. The van der Waals surface area contributed by atoms with Crippen molar-refractivity contribution in [1.29, 1.82) is 0 Å². The standard InChI is InChI=1S/C27H39ClN4O3/c1-5-6-13-29-26-30-16-23(22-12-9-20(28)15-19(22)17-33)25(32-26)31-21-10-7-18(8-11-21)14-24(34)35-27(2,3)4/h9,12,15-16,18,21,33H,5-8,10-11,13-14,17H2,1-4H3,(H2,29,30,31,32). The van der Waals surface area contributed by atoms with Crippen LogP contribution in [0.5, 0.6) is 0 Å². The summed E-state index contributed by atoms with van der Waals surface area (Å²) in [6, 6.07) is 5.73. The van der Waals surface area contributed by atoms with Crippen LogP contribution in [0.15, 0.2) is 24.4 Å². The minimum absolute atomic E-state index is 0.117. The van der Waals surface area contributed by atoms with Crippen LogP contribution in [0.2, 0.25) is 5.02 Å². The number of nitrogens with one attached hydrogen (secondary N) is 2. The number of carbonyl (C=O) groups excluding carboxylic acids is 1. The third-order valence-electron chi connectivity index (χ3n) is 6.19. The minimum atomic E-state index is -0.447. The van der Waals surface area contributed by atoms with E-state index >= 15 is 0 Å². The lowest BCUT2D eigenvalue weighted by atomic mass is 9.84. The second-order valence-corrected chi connectivity index (χ2v) is 10.8. The van der Waals surface area contributed by atoms with Gasteiger partial charge in [-0.3, -0.25) is 4.79 Å². The first-order valence-corrected chi connectivity index (χ1v) is 13.0. The largest absolute Gasteiger partial charge is 0.460 e. The van der Waals surface area contributed by atoms with Crippen molar-refractivity contribution >= 4 is 29.3 Å². The number of carbonyl (C=O) groups is 1. The summed E-state index contributed by atoms with van der Waals surface area (Å²) in [4.78, 5) is 21.6. The summed E-state index contributed by atoms with van der Waals surface area (Å²) in [6.45, 7) is 8.54. The second-order valence-electron chi connectivity index (χ2n) is 10.3. The SMILES string of the molecule is CCCCNc1ncc(-c2ccc(Cl)cc2CO)c(NC2CCC(CC(=O)OC(C)(C)C)CC2)n1. The van der Waals surface area contributed by atoms with E-state index in [1.807, 2.05) is 32.9 Å². The molecule has 1 aliphatic carbocycles. The fourth-order valence-electron chi connectivity index (χ4n) is 4.43. The molecule has 0 unspecified atom stereocenters. The Morgan fingerprint density at radius 1 is 1.20 bits per heavy atom. The molecule has 192 valence electrons. The normalized spacial score (nSPS) is 18.2.